The standard InChI is InChI=1S/C21H29N5O2S.ClH/c1-7-28-17-9-8-10-18-19(17)22-21(29-18)25(12-11-24(5)6)20(27)16-13-15(4)23-26(16)14(2)3;/h8-10,13-14H,7,11-12H2,1-6H3;1H. The molecule has 0 aliphatic rings. The number of ether oxygens (including phenoxy) is 1. The average Bonchev–Trinajstić information content (AvgIpc) is 3.26. The second-order valence-corrected chi connectivity index (χ2v) is 8.51. The highest BCUT2D eigenvalue weighted by atomic mass is 35.5. The van der Waals surface area contributed by atoms with Crippen LogP contribution in [0.1, 0.15) is 43.0 Å². The van der Waals surface area contributed by atoms with Gasteiger partial charge in [-0.05, 0) is 60.0 Å². The number of thiazole rings is 1. The Labute approximate surface area is 188 Å². The third-order valence-electron chi connectivity index (χ3n) is 4.48. The molecule has 0 spiro atoms. The van der Waals surface area contributed by atoms with Gasteiger partial charge in [0.05, 0.1) is 17.0 Å². The van der Waals surface area contributed by atoms with E-state index in [1.54, 1.807) is 9.58 Å². The number of aryl methyl sites for hydroxylation is 1. The first-order valence-electron chi connectivity index (χ1n) is 9.87. The molecule has 0 N–H and O–H groups in total. The lowest BCUT2D eigenvalue weighted by atomic mass is 10.3. The third kappa shape index (κ3) is 5.11. The molecule has 30 heavy (non-hydrogen) atoms. The molecule has 1 amide bonds. The van der Waals surface area contributed by atoms with Crippen molar-refractivity contribution >= 4 is 45.0 Å². The van der Waals surface area contributed by atoms with Crippen LogP contribution in [0.3, 0.4) is 0 Å². The molecule has 1 aromatic carbocycles. The van der Waals surface area contributed by atoms with Crippen molar-refractivity contribution in [3.63, 3.8) is 0 Å². The van der Waals surface area contributed by atoms with Gasteiger partial charge in [-0.3, -0.25) is 14.4 Å². The fraction of sp³-hybridized carbons (Fsp3) is 0.476. The van der Waals surface area contributed by atoms with E-state index >= 15 is 0 Å². The number of likely N-dealkylation sites (N-methyl/N-ethyl adjacent to an activating group) is 1. The van der Waals surface area contributed by atoms with Crippen LogP contribution in [0.5, 0.6) is 5.75 Å². The quantitative estimate of drug-likeness (QED) is 0.507. The third-order valence-corrected chi connectivity index (χ3v) is 5.53. The van der Waals surface area contributed by atoms with Gasteiger partial charge in [-0.15, -0.1) is 12.4 Å². The van der Waals surface area contributed by atoms with Crippen LogP contribution in [0.2, 0.25) is 0 Å². The van der Waals surface area contributed by atoms with Crippen LogP contribution >= 0.6 is 23.7 Å². The van der Waals surface area contributed by atoms with E-state index in [9.17, 15) is 4.79 Å². The number of para-hydroxylation sites is 1. The number of nitrogens with zero attached hydrogens (tertiary/aromatic N) is 5. The van der Waals surface area contributed by atoms with Gasteiger partial charge in [-0.2, -0.15) is 5.10 Å². The van der Waals surface area contributed by atoms with Gasteiger partial charge in [0.15, 0.2) is 5.13 Å². The molecule has 0 aliphatic heterocycles. The summed E-state index contributed by atoms with van der Waals surface area (Å²) in [5.74, 6) is 0.661. The summed E-state index contributed by atoms with van der Waals surface area (Å²) in [5, 5.41) is 5.18. The number of anilines is 1. The number of halogens is 1. The first kappa shape index (κ1) is 24.1. The zero-order chi connectivity index (χ0) is 21.1. The van der Waals surface area contributed by atoms with Gasteiger partial charge >= 0.3 is 0 Å². The van der Waals surface area contributed by atoms with Crippen LogP contribution in [0, 0.1) is 6.92 Å². The van der Waals surface area contributed by atoms with Crippen LogP contribution in [-0.4, -0.2) is 59.4 Å². The van der Waals surface area contributed by atoms with Crippen molar-refractivity contribution in [3.05, 3.63) is 35.7 Å². The molecular weight excluding hydrogens is 422 g/mol. The van der Waals surface area contributed by atoms with Crippen molar-refractivity contribution in [2.24, 2.45) is 0 Å². The maximum atomic E-state index is 13.6. The number of fused-ring (bicyclic) bond motifs is 1. The van der Waals surface area contributed by atoms with Crippen molar-refractivity contribution in [3.8, 4) is 5.75 Å². The van der Waals surface area contributed by atoms with Crippen LogP contribution in [0.4, 0.5) is 5.13 Å². The lowest BCUT2D eigenvalue weighted by Crippen LogP contribution is -2.38. The number of carbonyl (C=O) groups excluding carboxylic acids is 1. The van der Waals surface area contributed by atoms with E-state index in [-0.39, 0.29) is 24.4 Å². The number of aromatic nitrogens is 3. The van der Waals surface area contributed by atoms with E-state index in [0.717, 1.165) is 28.2 Å². The fourth-order valence-corrected chi connectivity index (χ4v) is 4.10. The normalized spacial score (nSPS) is 11.2. The lowest BCUT2D eigenvalue weighted by Gasteiger charge is -2.22. The number of hydrogen-bond acceptors (Lipinski definition) is 6. The first-order valence-corrected chi connectivity index (χ1v) is 10.7. The van der Waals surface area contributed by atoms with E-state index in [0.29, 0.717) is 24.0 Å². The topological polar surface area (TPSA) is 63.5 Å². The molecule has 0 aliphatic carbocycles. The summed E-state index contributed by atoms with van der Waals surface area (Å²) in [6, 6.07) is 7.83. The molecule has 2 aromatic heterocycles. The Balaban J connectivity index is 0.00000320. The molecule has 0 atom stereocenters. The Kier molecular flexibility index (Phi) is 8.23. The molecule has 0 fully saturated rings. The molecule has 0 saturated carbocycles. The van der Waals surface area contributed by atoms with Crippen LogP contribution in [0.15, 0.2) is 24.3 Å². The van der Waals surface area contributed by atoms with Gasteiger partial charge in [0.25, 0.3) is 5.91 Å². The Hall–Kier alpha value is -2.16. The van der Waals surface area contributed by atoms with Crippen molar-refractivity contribution in [1.82, 2.24) is 19.7 Å². The largest absolute Gasteiger partial charge is 0.492 e. The zero-order valence-electron chi connectivity index (χ0n) is 18.4. The summed E-state index contributed by atoms with van der Waals surface area (Å²) in [5.41, 5.74) is 2.21. The van der Waals surface area contributed by atoms with Gasteiger partial charge < -0.3 is 9.64 Å². The summed E-state index contributed by atoms with van der Waals surface area (Å²) in [4.78, 5) is 22.2. The minimum absolute atomic E-state index is 0. The Morgan fingerprint density at radius 2 is 2.00 bits per heavy atom. The molecule has 3 aromatic rings. The van der Waals surface area contributed by atoms with Crippen LogP contribution < -0.4 is 9.64 Å². The molecule has 0 radical (unpaired) electrons. The number of amides is 1. The minimum Gasteiger partial charge on any atom is -0.492 e. The maximum absolute atomic E-state index is 13.6. The lowest BCUT2D eigenvalue weighted by molar-refractivity contribution is 0.0973. The van der Waals surface area contributed by atoms with Crippen molar-refractivity contribution in [2.75, 3.05) is 38.7 Å². The van der Waals surface area contributed by atoms with Gasteiger partial charge in [-0.1, -0.05) is 17.4 Å². The number of carbonyl (C=O) groups is 1. The summed E-state index contributed by atoms with van der Waals surface area (Å²) in [7, 11) is 3.99. The Morgan fingerprint density at radius 3 is 2.63 bits per heavy atom. The number of benzene rings is 1. The SMILES string of the molecule is CCOc1cccc2sc(N(CCN(C)C)C(=O)c3cc(C)nn3C(C)C)nc12.Cl. The van der Waals surface area contributed by atoms with E-state index in [2.05, 4.69) is 10.00 Å². The second kappa shape index (κ2) is 10.2. The van der Waals surface area contributed by atoms with E-state index in [1.165, 1.54) is 11.3 Å². The highest BCUT2D eigenvalue weighted by Crippen LogP contribution is 2.35. The van der Waals surface area contributed by atoms with Gasteiger partial charge in [0.2, 0.25) is 0 Å². The van der Waals surface area contributed by atoms with Gasteiger partial charge in [0.1, 0.15) is 17.0 Å². The monoisotopic (exact) mass is 451 g/mol. The summed E-state index contributed by atoms with van der Waals surface area (Å²) >= 11 is 1.51. The Morgan fingerprint density at radius 1 is 1.27 bits per heavy atom. The highest BCUT2D eigenvalue weighted by molar-refractivity contribution is 7.22. The van der Waals surface area contributed by atoms with Gasteiger partial charge in [0, 0.05) is 19.1 Å². The van der Waals surface area contributed by atoms with E-state index in [4.69, 9.17) is 9.72 Å². The molecule has 0 unspecified atom stereocenters. The first-order chi connectivity index (χ1) is 13.8. The van der Waals surface area contributed by atoms with Crippen LogP contribution in [-0.2, 0) is 0 Å². The molecule has 7 nitrogen and oxygen atoms in total. The smallest absolute Gasteiger partial charge is 0.278 e. The van der Waals surface area contributed by atoms with E-state index in [1.807, 2.05) is 66.1 Å². The van der Waals surface area contributed by atoms with Gasteiger partial charge in [-0.25, -0.2) is 4.98 Å². The van der Waals surface area contributed by atoms with E-state index < -0.39 is 0 Å². The summed E-state index contributed by atoms with van der Waals surface area (Å²) < 4.78 is 8.52. The maximum Gasteiger partial charge on any atom is 0.278 e. The second-order valence-electron chi connectivity index (χ2n) is 7.50. The van der Waals surface area contributed by atoms with Crippen LogP contribution in [0.25, 0.3) is 10.2 Å². The molecule has 3 rings (SSSR count). The number of hydrogen-bond donors (Lipinski definition) is 0. The highest BCUT2D eigenvalue weighted by Gasteiger charge is 2.26. The average molecular weight is 452 g/mol. The summed E-state index contributed by atoms with van der Waals surface area (Å²) in [6.45, 7) is 9.76. The fourth-order valence-electron chi connectivity index (χ4n) is 3.09. The molecule has 0 saturated heterocycles. The zero-order valence-corrected chi connectivity index (χ0v) is 20.0. The number of rotatable bonds is 8. The molecule has 164 valence electrons. The molecule has 0 bridgehead atoms. The van der Waals surface area contributed by atoms with Crippen molar-refractivity contribution in [2.45, 2.75) is 33.7 Å². The Bertz CT molecular complexity index is 999. The minimum atomic E-state index is -0.0850. The molecule has 9 heteroatoms. The van der Waals surface area contributed by atoms with Crippen molar-refractivity contribution < 1.29 is 9.53 Å². The molecule has 2 heterocycles. The predicted octanol–water partition coefficient (Wildman–Crippen LogP) is 4.41. The predicted molar refractivity (Wildman–Crippen MR) is 126 cm³/mol. The molecular formula is C21H30ClN5O2S. The summed E-state index contributed by atoms with van der Waals surface area (Å²) in [6.07, 6.45) is 0. The van der Waals surface area contributed by atoms with Crippen molar-refractivity contribution in [1.29, 1.82) is 0 Å².